The van der Waals surface area contributed by atoms with Gasteiger partial charge in [0.1, 0.15) is 12.3 Å². The molecule has 2 aromatic heterocycles. The number of likely N-dealkylation sites (tertiary alicyclic amines) is 2. The molecule has 0 unspecified atom stereocenters. The van der Waals surface area contributed by atoms with Crippen LogP contribution in [-0.4, -0.2) is 149 Å². The fourth-order valence-electron chi connectivity index (χ4n) is 6.81. The molecule has 272 valence electrons. The zero-order valence-electron chi connectivity index (χ0n) is 28.6. The molecule has 4 saturated heterocycles. The van der Waals surface area contributed by atoms with Crippen LogP contribution in [0.15, 0.2) is 18.3 Å². The number of hydrogen-bond acceptors (Lipinski definition) is 13. The molecule has 0 spiro atoms. The van der Waals surface area contributed by atoms with Crippen LogP contribution in [0.2, 0.25) is 0 Å². The van der Waals surface area contributed by atoms with Crippen molar-refractivity contribution in [2.45, 2.75) is 45.1 Å². The number of amides is 2. The Balaban J connectivity index is 0.979. The van der Waals surface area contributed by atoms with E-state index in [4.69, 9.17) is 15.2 Å². The van der Waals surface area contributed by atoms with Crippen LogP contribution in [0.1, 0.15) is 44.7 Å². The van der Waals surface area contributed by atoms with Gasteiger partial charge in [-0.2, -0.15) is 15.0 Å². The number of hydrogen-bond donors (Lipinski definition) is 1. The second-order valence-electron chi connectivity index (χ2n) is 13.2. The minimum absolute atomic E-state index is 0.0125. The summed E-state index contributed by atoms with van der Waals surface area (Å²) in [5.41, 5.74) is 5.03. The molecule has 15 nitrogen and oxygen atoms in total. The monoisotopic (exact) mass is 699 g/mol. The van der Waals surface area contributed by atoms with E-state index in [0.29, 0.717) is 96.0 Å². The Bertz CT molecular complexity index is 1500. The van der Waals surface area contributed by atoms with Gasteiger partial charge in [0.2, 0.25) is 29.7 Å². The summed E-state index contributed by atoms with van der Waals surface area (Å²) in [6.07, 6.45) is 6.13. The molecular formula is C33H47F2N11O4. The summed E-state index contributed by atoms with van der Waals surface area (Å²) >= 11 is 0. The first-order chi connectivity index (χ1) is 24.2. The number of piperidine rings is 1. The van der Waals surface area contributed by atoms with Gasteiger partial charge in [-0.25, -0.2) is 18.7 Å². The number of alkyl halides is 2. The Morgan fingerprint density at radius 2 is 1.64 bits per heavy atom. The lowest BCUT2D eigenvalue weighted by Crippen LogP contribution is -2.50. The number of nitrogens with two attached hydrogens (primary N) is 1. The molecule has 2 aromatic rings. The van der Waals surface area contributed by atoms with Crippen LogP contribution >= 0.6 is 0 Å². The summed E-state index contributed by atoms with van der Waals surface area (Å²) in [5.74, 6) is 0.690. The Labute approximate surface area is 290 Å². The van der Waals surface area contributed by atoms with Crippen molar-refractivity contribution in [2.24, 2.45) is 5.92 Å². The number of carbonyl (C=O) groups excluding carboxylic acids is 2. The van der Waals surface area contributed by atoms with E-state index in [-0.39, 0.29) is 35.8 Å². The van der Waals surface area contributed by atoms with E-state index >= 15 is 0 Å². The molecule has 4 aliphatic heterocycles. The zero-order chi connectivity index (χ0) is 35.0. The molecule has 50 heavy (non-hydrogen) atoms. The fourth-order valence-corrected chi connectivity index (χ4v) is 6.81. The predicted molar refractivity (Wildman–Crippen MR) is 182 cm³/mol. The van der Waals surface area contributed by atoms with Gasteiger partial charge in [-0.3, -0.25) is 14.5 Å². The topological polar surface area (TPSA) is 159 Å². The normalized spacial score (nSPS) is 21.2. The second-order valence-corrected chi connectivity index (χ2v) is 13.2. The molecule has 4 aliphatic rings. The molecular weight excluding hydrogens is 652 g/mol. The minimum Gasteiger partial charge on any atom is -0.378 e. The van der Waals surface area contributed by atoms with E-state index in [1.54, 1.807) is 11.0 Å². The maximum Gasteiger partial charge on any atom is 0.281 e. The first-order valence-electron chi connectivity index (χ1n) is 17.5. The van der Waals surface area contributed by atoms with E-state index in [2.05, 4.69) is 36.7 Å². The third-order valence-corrected chi connectivity index (χ3v) is 9.90. The lowest BCUT2D eigenvalue weighted by Gasteiger charge is -2.35. The van der Waals surface area contributed by atoms with Gasteiger partial charge in [0.05, 0.1) is 25.4 Å². The van der Waals surface area contributed by atoms with Crippen molar-refractivity contribution < 1.29 is 27.8 Å². The van der Waals surface area contributed by atoms with Gasteiger partial charge in [-0.05, 0) is 45.1 Å². The number of aromatic nitrogens is 5. The Morgan fingerprint density at radius 3 is 2.30 bits per heavy atom. The van der Waals surface area contributed by atoms with E-state index in [1.807, 2.05) is 20.8 Å². The average Bonchev–Trinajstić information content (AvgIpc) is 3.55. The molecule has 0 bridgehead atoms. The molecule has 1 atom stereocenters. The number of anilines is 3. The molecule has 6 heterocycles. The first kappa shape index (κ1) is 35.7. The first-order valence-corrected chi connectivity index (χ1v) is 17.5. The zero-order valence-corrected chi connectivity index (χ0v) is 28.6. The van der Waals surface area contributed by atoms with Crippen LogP contribution in [0.25, 0.3) is 11.4 Å². The predicted octanol–water partition coefficient (Wildman–Crippen LogP) is 1.63. The smallest absolute Gasteiger partial charge is 0.281 e. The number of nitrogen functional groups attached to an aromatic ring is 1. The van der Waals surface area contributed by atoms with E-state index in [0.717, 1.165) is 25.9 Å². The van der Waals surface area contributed by atoms with Crippen LogP contribution in [0.4, 0.5) is 26.6 Å². The Hall–Kier alpha value is -4.09. The molecule has 0 saturated carbocycles. The van der Waals surface area contributed by atoms with Crippen LogP contribution in [-0.2, 0) is 19.1 Å². The Morgan fingerprint density at radius 1 is 0.940 bits per heavy atom. The SMILES string of the molecule is C[C@@H]1CCCN1C/C=C/C(=O)N1CCC(COCC(=O)N2CCN(c3nc(-c4cnc(N)nc4C(F)F)nc(N4CCOCC4)n3)CC2)CC1. The van der Waals surface area contributed by atoms with Gasteiger partial charge < -0.3 is 34.8 Å². The van der Waals surface area contributed by atoms with Crippen LogP contribution in [0.5, 0.6) is 0 Å². The third kappa shape index (κ3) is 8.98. The summed E-state index contributed by atoms with van der Waals surface area (Å²) in [6.45, 7) is 9.77. The standard InChI is InChI=1S/C33H47F2N11O4/c1-23-4-2-8-42(23)9-3-5-26(47)43-10-6-24(7-11-43)21-50-22-27(48)44-12-14-45(15-13-44)32-39-30(25-20-37-31(36)38-28(25)29(34)35)40-33(41-32)46-16-18-49-19-17-46/h3,5,20,23-24,29H,2,4,6-19,21-22H2,1H3,(H2,36,37,38)/b5-3+/t23-/m1/s1. The number of ether oxygens (including phenoxy) is 2. The highest BCUT2D eigenvalue weighted by molar-refractivity contribution is 5.87. The maximum absolute atomic E-state index is 13.9. The quantitative estimate of drug-likeness (QED) is 0.338. The molecule has 0 radical (unpaired) electrons. The summed E-state index contributed by atoms with van der Waals surface area (Å²) in [6, 6.07) is 0.580. The number of rotatable bonds is 11. The number of halogens is 2. The number of nitrogens with zero attached hydrogens (tertiary/aromatic N) is 10. The third-order valence-electron chi connectivity index (χ3n) is 9.90. The molecule has 2 amide bonds. The van der Waals surface area contributed by atoms with E-state index < -0.39 is 12.1 Å². The molecule has 0 aliphatic carbocycles. The molecule has 0 aromatic carbocycles. The van der Waals surface area contributed by atoms with Crippen molar-refractivity contribution in [2.75, 3.05) is 107 Å². The lowest BCUT2D eigenvalue weighted by atomic mass is 9.98. The van der Waals surface area contributed by atoms with Crippen molar-refractivity contribution in [3.8, 4) is 11.4 Å². The number of morpholine rings is 1. The number of piperazine rings is 1. The van der Waals surface area contributed by atoms with Gasteiger partial charge in [0.15, 0.2) is 5.82 Å². The van der Waals surface area contributed by atoms with Crippen molar-refractivity contribution in [1.82, 2.24) is 39.6 Å². The van der Waals surface area contributed by atoms with E-state index in [9.17, 15) is 18.4 Å². The average molecular weight is 700 g/mol. The summed E-state index contributed by atoms with van der Waals surface area (Å²) < 4.78 is 39.2. The van der Waals surface area contributed by atoms with Crippen molar-refractivity contribution in [3.63, 3.8) is 0 Å². The van der Waals surface area contributed by atoms with Gasteiger partial charge in [0, 0.05) is 77.2 Å². The Kier molecular flexibility index (Phi) is 12.0. The molecule has 6 rings (SSSR count). The van der Waals surface area contributed by atoms with Gasteiger partial charge in [-0.1, -0.05) is 6.08 Å². The van der Waals surface area contributed by atoms with Crippen LogP contribution < -0.4 is 15.5 Å². The van der Waals surface area contributed by atoms with Crippen molar-refractivity contribution in [3.05, 3.63) is 24.0 Å². The summed E-state index contributed by atoms with van der Waals surface area (Å²) in [5, 5.41) is 0. The minimum atomic E-state index is -2.91. The van der Waals surface area contributed by atoms with Crippen LogP contribution in [0.3, 0.4) is 0 Å². The van der Waals surface area contributed by atoms with Gasteiger partial charge >= 0.3 is 0 Å². The molecule has 17 heteroatoms. The number of carbonyl (C=O) groups is 2. The highest BCUT2D eigenvalue weighted by atomic mass is 19.3. The highest BCUT2D eigenvalue weighted by Crippen LogP contribution is 2.30. The van der Waals surface area contributed by atoms with Crippen molar-refractivity contribution in [1.29, 1.82) is 0 Å². The molecule has 2 N–H and O–H groups in total. The maximum atomic E-state index is 13.9. The largest absolute Gasteiger partial charge is 0.378 e. The van der Waals surface area contributed by atoms with Gasteiger partial charge in [0.25, 0.3) is 6.43 Å². The van der Waals surface area contributed by atoms with Crippen molar-refractivity contribution >= 4 is 29.7 Å². The highest BCUT2D eigenvalue weighted by Gasteiger charge is 2.28. The fraction of sp³-hybridized carbons (Fsp3) is 0.667. The van der Waals surface area contributed by atoms with Gasteiger partial charge in [-0.15, -0.1) is 0 Å². The lowest BCUT2D eigenvalue weighted by molar-refractivity contribution is -0.137. The molecule has 4 fully saturated rings. The van der Waals surface area contributed by atoms with E-state index in [1.165, 1.54) is 19.0 Å². The summed E-state index contributed by atoms with van der Waals surface area (Å²) in [7, 11) is 0. The summed E-state index contributed by atoms with van der Waals surface area (Å²) in [4.78, 5) is 57.0. The second kappa shape index (κ2) is 16.7. The van der Waals surface area contributed by atoms with Crippen LogP contribution in [0, 0.1) is 5.92 Å².